The van der Waals surface area contributed by atoms with Gasteiger partial charge in [-0.15, -0.1) is 0 Å². The summed E-state index contributed by atoms with van der Waals surface area (Å²) in [5.74, 6) is -0.989. The van der Waals surface area contributed by atoms with E-state index in [0.717, 1.165) is 17.1 Å². The second kappa shape index (κ2) is 5.11. The summed E-state index contributed by atoms with van der Waals surface area (Å²) in [4.78, 5) is 10.4. The number of hydrogen-bond donors (Lipinski definition) is 1. The van der Waals surface area contributed by atoms with Crippen molar-refractivity contribution in [2.24, 2.45) is 0 Å². The highest BCUT2D eigenvalue weighted by Crippen LogP contribution is 2.22. The monoisotopic (exact) mass is 250 g/mol. The molecule has 0 aromatic carbocycles. The molecule has 0 radical (unpaired) electrons. The normalized spacial score (nSPS) is 22.8. The number of carbonyl (C=O) groups is 1. The van der Waals surface area contributed by atoms with E-state index in [-0.39, 0.29) is 19.0 Å². The maximum Gasteiger partial charge on any atom is 0.304 e. The lowest BCUT2D eigenvalue weighted by Crippen LogP contribution is -2.44. The van der Waals surface area contributed by atoms with Crippen LogP contribution in [0.5, 0.6) is 0 Å². The summed E-state index contributed by atoms with van der Waals surface area (Å²) in [7, 11) is -2.06. The molecule has 1 unspecified atom stereocenters. The number of carboxylic acids is 1. The van der Waals surface area contributed by atoms with E-state index >= 15 is 0 Å². The van der Waals surface area contributed by atoms with Crippen molar-refractivity contribution < 1.29 is 18.3 Å². The number of nitrogens with zero attached hydrogens (tertiary/aromatic N) is 2. The van der Waals surface area contributed by atoms with Gasteiger partial charge in [0.05, 0.1) is 6.42 Å². The van der Waals surface area contributed by atoms with Gasteiger partial charge in [0.2, 0.25) is 0 Å². The van der Waals surface area contributed by atoms with Crippen molar-refractivity contribution in [3.63, 3.8) is 0 Å². The SMILES string of the molecule is CC1CCCN1S(=O)(=O)N(C)CCC(=O)O. The molecule has 0 spiro atoms. The third kappa shape index (κ3) is 2.93. The first-order chi connectivity index (χ1) is 7.35. The Hall–Kier alpha value is -0.660. The largest absolute Gasteiger partial charge is 0.481 e. The molecule has 1 aliphatic rings. The van der Waals surface area contributed by atoms with Crippen LogP contribution in [-0.4, -0.2) is 54.3 Å². The summed E-state index contributed by atoms with van der Waals surface area (Å²) in [5.41, 5.74) is 0. The third-order valence-corrected chi connectivity index (χ3v) is 4.93. The van der Waals surface area contributed by atoms with Crippen LogP contribution in [0.2, 0.25) is 0 Å². The molecular weight excluding hydrogens is 232 g/mol. The number of rotatable bonds is 5. The predicted molar refractivity (Wildman–Crippen MR) is 59.2 cm³/mol. The van der Waals surface area contributed by atoms with Crippen molar-refractivity contribution in [1.82, 2.24) is 8.61 Å². The van der Waals surface area contributed by atoms with Gasteiger partial charge in [0.15, 0.2) is 0 Å². The minimum absolute atomic E-state index is 0.0114. The highest BCUT2D eigenvalue weighted by atomic mass is 32.2. The van der Waals surface area contributed by atoms with Crippen LogP contribution in [0.25, 0.3) is 0 Å². The van der Waals surface area contributed by atoms with Gasteiger partial charge >= 0.3 is 5.97 Å². The van der Waals surface area contributed by atoms with Gasteiger partial charge in [-0.05, 0) is 19.8 Å². The standard InChI is InChI=1S/C9H18N2O4S/c1-8-4-3-6-11(8)16(14,15)10(2)7-5-9(12)13/h8H,3-7H2,1-2H3,(H,12,13). The van der Waals surface area contributed by atoms with Gasteiger partial charge in [-0.3, -0.25) is 4.79 Å². The van der Waals surface area contributed by atoms with Crippen molar-refractivity contribution in [3.05, 3.63) is 0 Å². The van der Waals surface area contributed by atoms with E-state index in [0.29, 0.717) is 6.54 Å². The quantitative estimate of drug-likeness (QED) is 0.752. The topological polar surface area (TPSA) is 77.9 Å². The maximum absolute atomic E-state index is 12.0. The second-order valence-electron chi connectivity index (χ2n) is 4.08. The van der Waals surface area contributed by atoms with E-state index in [9.17, 15) is 13.2 Å². The van der Waals surface area contributed by atoms with Crippen LogP contribution >= 0.6 is 0 Å². The van der Waals surface area contributed by atoms with E-state index in [1.165, 1.54) is 11.4 Å². The third-order valence-electron chi connectivity index (χ3n) is 2.82. The Morgan fingerprint density at radius 2 is 2.19 bits per heavy atom. The second-order valence-corrected chi connectivity index (χ2v) is 6.06. The van der Waals surface area contributed by atoms with Crippen LogP contribution in [0.3, 0.4) is 0 Å². The summed E-state index contributed by atoms with van der Waals surface area (Å²) in [5, 5.41) is 8.51. The molecule has 1 aliphatic heterocycles. The average Bonchev–Trinajstić information content (AvgIpc) is 2.61. The fraction of sp³-hybridized carbons (Fsp3) is 0.889. The van der Waals surface area contributed by atoms with Gasteiger partial charge in [-0.25, -0.2) is 0 Å². The Morgan fingerprint density at radius 3 is 2.62 bits per heavy atom. The van der Waals surface area contributed by atoms with Crippen molar-refractivity contribution in [2.75, 3.05) is 20.1 Å². The molecule has 0 aromatic rings. The Morgan fingerprint density at radius 1 is 1.56 bits per heavy atom. The molecule has 94 valence electrons. The van der Waals surface area contributed by atoms with Crippen LogP contribution in [0.4, 0.5) is 0 Å². The summed E-state index contributed by atoms with van der Waals surface area (Å²) < 4.78 is 26.6. The molecular formula is C9H18N2O4S. The van der Waals surface area contributed by atoms with Gasteiger partial charge in [0.25, 0.3) is 10.2 Å². The molecule has 1 heterocycles. The summed E-state index contributed by atoms with van der Waals surface area (Å²) in [6, 6.07) is 0.0114. The van der Waals surface area contributed by atoms with Gasteiger partial charge in [0, 0.05) is 26.2 Å². The molecule has 0 amide bonds. The molecule has 16 heavy (non-hydrogen) atoms. The first kappa shape index (κ1) is 13.4. The zero-order valence-corrected chi connectivity index (χ0v) is 10.4. The van der Waals surface area contributed by atoms with Crippen LogP contribution in [-0.2, 0) is 15.0 Å². The Labute approximate surface area is 96.0 Å². The van der Waals surface area contributed by atoms with Gasteiger partial charge in [0.1, 0.15) is 0 Å². The molecule has 7 heteroatoms. The lowest BCUT2D eigenvalue weighted by atomic mass is 10.3. The Balaban J connectivity index is 2.65. The van der Waals surface area contributed by atoms with E-state index in [4.69, 9.17) is 5.11 Å². The first-order valence-electron chi connectivity index (χ1n) is 5.30. The van der Waals surface area contributed by atoms with E-state index in [2.05, 4.69) is 0 Å². The van der Waals surface area contributed by atoms with Crippen LogP contribution < -0.4 is 0 Å². The summed E-state index contributed by atoms with van der Waals surface area (Å²) >= 11 is 0. The fourth-order valence-electron chi connectivity index (χ4n) is 1.80. The zero-order valence-electron chi connectivity index (χ0n) is 9.59. The zero-order chi connectivity index (χ0) is 12.3. The van der Waals surface area contributed by atoms with Gasteiger partial charge < -0.3 is 5.11 Å². The van der Waals surface area contributed by atoms with Crippen molar-refractivity contribution in [3.8, 4) is 0 Å². The Kier molecular flexibility index (Phi) is 4.28. The molecule has 6 nitrogen and oxygen atoms in total. The number of hydrogen-bond acceptors (Lipinski definition) is 3. The van der Waals surface area contributed by atoms with Crippen LogP contribution in [0, 0.1) is 0 Å². The van der Waals surface area contributed by atoms with E-state index < -0.39 is 16.2 Å². The number of carboxylic acid groups (broad SMARTS) is 1. The molecule has 1 N–H and O–H groups in total. The molecule has 0 aliphatic carbocycles. The van der Waals surface area contributed by atoms with Crippen LogP contribution in [0.1, 0.15) is 26.2 Å². The highest BCUT2D eigenvalue weighted by Gasteiger charge is 2.34. The molecule has 0 saturated carbocycles. The smallest absolute Gasteiger partial charge is 0.304 e. The van der Waals surface area contributed by atoms with E-state index in [1.54, 1.807) is 0 Å². The fourth-order valence-corrected chi connectivity index (χ4v) is 3.40. The predicted octanol–water partition coefficient (Wildman–Crippen LogP) is 0.122. The summed E-state index contributed by atoms with van der Waals surface area (Å²) in [6.07, 6.45) is 1.57. The molecule has 0 bridgehead atoms. The maximum atomic E-state index is 12.0. The first-order valence-corrected chi connectivity index (χ1v) is 6.70. The molecule has 1 atom stereocenters. The van der Waals surface area contributed by atoms with Gasteiger partial charge in [-0.2, -0.15) is 17.0 Å². The lowest BCUT2D eigenvalue weighted by molar-refractivity contribution is -0.137. The van der Waals surface area contributed by atoms with Crippen LogP contribution in [0.15, 0.2) is 0 Å². The van der Waals surface area contributed by atoms with Gasteiger partial charge in [-0.1, -0.05) is 0 Å². The number of aliphatic carboxylic acids is 1. The minimum Gasteiger partial charge on any atom is -0.481 e. The van der Waals surface area contributed by atoms with E-state index in [1.807, 2.05) is 6.92 Å². The Bertz CT molecular complexity index is 355. The lowest BCUT2D eigenvalue weighted by Gasteiger charge is -2.26. The molecule has 1 fully saturated rings. The molecule has 1 saturated heterocycles. The van der Waals surface area contributed by atoms with Crippen molar-refractivity contribution in [1.29, 1.82) is 0 Å². The van der Waals surface area contributed by atoms with Crippen molar-refractivity contribution in [2.45, 2.75) is 32.2 Å². The average molecular weight is 250 g/mol. The molecule has 1 rings (SSSR count). The summed E-state index contributed by atoms with van der Waals surface area (Å²) in [6.45, 7) is 2.41. The van der Waals surface area contributed by atoms with Crippen molar-refractivity contribution >= 4 is 16.2 Å². The minimum atomic E-state index is -3.48. The highest BCUT2D eigenvalue weighted by molar-refractivity contribution is 7.86. The molecule has 0 aromatic heterocycles.